The fourth-order valence-electron chi connectivity index (χ4n) is 2.32. The Bertz CT molecular complexity index is 617. The van der Waals surface area contributed by atoms with Crippen LogP contribution in [0.25, 0.3) is 0 Å². The molecule has 0 aromatic heterocycles. The number of nitrogens with zero attached hydrogens (tertiary/aromatic N) is 1. The van der Waals surface area contributed by atoms with E-state index in [-0.39, 0.29) is 10.6 Å². The molecule has 0 unspecified atom stereocenters. The van der Waals surface area contributed by atoms with Gasteiger partial charge in [-0.1, -0.05) is 41.9 Å². The number of nitro groups is 1. The molecule has 0 spiro atoms. The molecule has 0 amide bonds. The molecular formula is C17H19ClN2O2. The van der Waals surface area contributed by atoms with Crippen molar-refractivity contribution in [1.29, 1.82) is 0 Å². The van der Waals surface area contributed by atoms with Gasteiger partial charge in [-0.2, -0.15) is 0 Å². The molecule has 0 aliphatic rings. The molecule has 0 fully saturated rings. The van der Waals surface area contributed by atoms with Crippen molar-refractivity contribution < 1.29 is 4.92 Å². The topological polar surface area (TPSA) is 55.2 Å². The predicted octanol–water partition coefficient (Wildman–Crippen LogP) is 4.36. The largest absolute Gasteiger partial charge is 0.312 e. The predicted molar refractivity (Wildman–Crippen MR) is 89.2 cm³/mol. The summed E-state index contributed by atoms with van der Waals surface area (Å²) >= 11 is 5.90. The maximum Gasteiger partial charge on any atom is 0.273 e. The average Bonchev–Trinajstić information content (AvgIpc) is 2.51. The third-order valence-corrected chi connectivity index (χ3v) is 3.70. The summed E-state index contributed by atoms with van der Waals surface area (Å²) in [6, 6.07) is 15.0. The maximum absolute atomic E-state index is 11.0. The number of hydrogen-bond acceptors (Lipinski definition) is 3. The molecule has 116 valence electrons. The van der Waals surface area contributed by atoms with Gasteiger partial charge in [0.05, 0.1) is 4.92 Å². The highest BCUT2D eigenvalue weighted by molar-refractivity contribution is 6.30. The van der Waals surface area contributed by atoms with Crippen LogP contribution < -0.4 is 5.32 Å². The smallest absolute Gasteiger partial charge is 0.273 e. The van der Waals surface area contributed by atoms with Crippen LogP contribution in [0, 0.1) is 10.1 Å². The van der Waals surface area contributed by atoms with Gasteiger partial charge in [-0.15, -0.1) is 0 Å². The number of aryl methyl sites for hydroxylation is 1. The summed E-state index contributed by atoms with van der Waals surface area (Å²) in [5.41, 5.74) is 2.08. The van der Waals surface area contributed by atoms with Gasteiger partial charge >= 0.3 is 0 Å². The molecule has 4 nitrogen and oxygen atoms in total. The molecule has 0 radical (unpaired) electrons. The lowest BCUT2D eigenvalue weighted by Gasteiger charge is -2.06. The van der Waals surface area contributed by atoms with E-state index in [0.29, 0.717) is 17.1 Å². The lowest BCUT2D eigenvalue weighted by atomic mass is 10.1. The highest BCUT2D eigenvalue weighted by atomic mass is 35.5. The molecule has 0 aliphatic carbocycles. The molecular weight excluding hydrogens is 300 g/mol. The average molecular weight is 319 g/mol. The second-order valence-corrected chi connectivity index (χ2v) is 5.59. The van der Waals surface area contributed by atoms with E-state index in [1.165, 1.54) is 11.6 Å². The van der Waals surface area contributed by atoms with Crippen LogP contribution in [0.1, 0.15) is 24.0 Å². The number of benzene rings is 2. The monoisotopic (exact) mass is 318 g/mol. The number of hydrogen-bond donors (Lipinski definition) is 1. The number of unbranched alkanes of at least 4 members (excludes halogenated alkanes) is 1. The molecule has 1 N–H and O–H groups in total. The van der Waals surface area contributed by atoms with Gasteiger partial charge in [0.15, 0.2) is 0 Å². The Morgan fingerprint density at radius 1 is 1.09 bits per heavy atom. The fraction of sp³-hybridized carbons (Fsp3) is 0.294. The molecule has 0 saturated heterocycles. The summed E-state index contributed by atoms with van der Waals surface area (Å²) in [5, 5.41) is 14.7. The van der Waals surface area contributed by atoms with E-state index in [2.05, 4.69) is 17.4 Å². The Labute approximate surface area is 135 Å². The SMILES string of the molecule is O=[N+]([O-])c1ccc(Cl)cc1CNCCCCc1ccccc1. The van der Waals surface area contributed by atoms with E-state index in [1.54, 1.807) is 12.1 Å². The van der Waals surface area contributed by atoms with E-state index in [4.69, 9.17) is 11.6 Å². The van der Waals surface area contributed by atoms with Crippen LogP contribution in [0.3, 0.4) is 0 Å². The zero-order valence-electron chi connectivity index (χ0n) is 12.3. The highest BCUT2D eigenvalue weighted by Crippen LogP contribution is 2.22. The van der Waals surface area contributed by atoms with E-state index >= 15 is 0 Å². The molecule has 22 heavy (non-hydrogen) atoms. The van der Waals surface area contributed by atoms with E-state index in [0.717, 1.165) is 25.8 Å². The van der Waals surface area contributed by atoms with Crippen LogP contribution in [0.4, 0.5) is 5.69 Å². The number of nitro benzene ring substituents is 1. The van der Waals surface area contributed by atoms with Gasteiger partial charge in [-0.3, -0.25) is 10.1 Å². The second kappa shape index (κ2) is 8.51. The van der Waals surface area contributed by atoms with Crippen molar-refractivity contribution in [2.75, 3.05) is 6.54 Å². The summed E-state index contributed by atoms with van der Waals surface area (Å²) in [7, 11) is 0. The lowest BCUT2D eigenvalue weighted by Crippen LogP contribution is -2.15. The Hall–Kier alpha value is -1.91. The summed E-state index contributed by atoms with van der Waals surface area (Å²) in [4.78, 5) is 10.6. The zero-order chi connectivity index (χ0) is 15.8. The summed E-state index contributed by atoms with van der Waals surface area (Å²) in [6.07, 6.45) is 3.18. The Balaban J connectivity index is 1.73. The third kappa shape index (κ3) is 5.13. The summed E-state index contributed by atoms with van der Waals surface area (Å²) in [6.45, 7) is 1.29. The van der Waals surface area contributed by atoms with Crippen molar-refractivity contribution in [2.24, 2.45) is 0 Å². The molecule has 2 aromatic rings. The number of nitrogens with one attached hydrogen (secondary N) is 1. The summed E-state index contributed by atoms with van der Waals surface area (Å²) in [5.74, 6) is 0. The molecule has 0 aliphatic heterocycles. The highest BCUT2D eigenvalue weighted by Gasteiger charge is 2.13. The minimum Gasteiger partial charge on any atom is -0.312 e. The molecule has 0 atom stereocenters. The normalized spacial score (nSPS) is 10.6. The van der Waals surface area contributed by atoms with Gasteiger partial charge < -0.3 is 5.32 Å². The fourth-order valence-corrected chi connectivity index (χ4v) is 2.52. The van der Waals surface area contributed by atoms with E-state index in [9.17, 15) is 10.1 Å². The minimum atomic E-state index is -0.372. The van der Waals surface area contributed by atoms with E-state index < -0.39 is 0 Å². The van der Waals surface area contributed by atoms with Crippen molar-refractivity contribution in [1.82, 2.24) is 5.32 Å². The zero-order valence-corrected chi connectivity index (χ0v) is 13.1. The lowest BCUT2D eigenvalue weighted by molar-refractivity contribution is -0.385. The molecule has 0 saturated carbocycles. The number of rotatable bonds is 8. The Morgan fingerprint density at radius 2 is 1.86 bits per heavy atom. The first kappa shape index (κ1) is 16.5. The molecule has 2 rings (SSSR count). The van der Waals surface area contributed by atoms with Crippen LogP contribution in [0.2, 0.25) is 5.02 Å². The van der Waals surface area contributed by atoms with Gasteiger partial charge in [0, 0.05) is 23.2 Å². The first-order chi connectivity index (χ1) is 10.7. The van der Waals surface area contributed by atoms with Crippen LogP contribution in [0.15, 0.2) is 48.5 Å². The van der Waals surface area contributed by atoms with Crippen LogP contribution >= 0.6 is 11.6 Å². The van der Waals surface area contributed by atoms with Crippen molar-refractivity contribution in [2.45, 2.75) is 25.8 Å². The van der Waals surface area contributed by atoms with Crippen molar-refractivity contribution >= 4 is 17.3 Å². The number of halogens is 1. The van der Waals surface area contributed by atoms with Gasteiger partial charge in [0.2, 0.25) is 0 Å². The standard InChI is InChI=1S/C17H19ClN2O2/c18-16-9-10-17(20(21)22)15(12-16)13-19-11-5-4-8-14-6-2-1-3-7-14/h1-3,6-7,9-10,12,19H,4-5,8,11,13H2. The molecule has 2 aromatic carbocycles. The Morgan fingerprint density at radius 3 is 2.59 bits per heavy atom. The Kier molecular flexibility index (Phi) is 6.37. The first-order valence-corrected chi connectivity index (χ1v) is 7.72. The summed E-state index contributed by atoms with van der Waals surface area (Å²) < 4.78 is 0. The molecule has 5 heteroatoms. The second-order valence-electron chi connectivity index (χ2n) is 5.15. The van der Waals surface area contributed by atoms with Crippen molar-refractivity contribution in [3.05, 3.63) is 74.8 Å². The van der Waals surface area contributed by atoms with Gasteiger partial charge in [0.1, 0.15) is 0 Å². The van der Waals surface area contributed by atoms with E-state index in [1.807, 2.05) is 18.2 Å². The van der Waals surface area contributed by atoms with Crippen LogP contribution in [-0.4, -0.2) is 11.5 Å². The quantitative estimate of drug-likeness (QED) is 0.447. The van der Waals surface area contributed by atoms with Crippen molar-refractivity contribution in [3.8, 4) is 0 Å². The van der Waals surface area contributed by atoms with Gasteiger partial charge in [-0.05, 0) is 43.5 Å². The van der Waals surface area contributed by atoms with Crippen LogP contribution in [-0.2, 0) is 13.0 Å². The molecule has 0 heterocycles. The van der Waals surface area contributed by atoms with Gasteiger partial charge in [0.25, 0.3) is 5.69 Å². The molecule has 0 bridgehead atoms. The first-order valence-electron chi connectivity index (χ1n) is 7.34. The van der Waals surface area contributed by atoms with Crippen LogP contribution in [0.5, 0.6) is 0 Å². The van der Waals surface area contributed by atoms with Gasteiger partial charge in [-0.25, -0.2) is 0 Å². The minimum absolute atomic E-state index is 0.112. The maximum atomic E-state index is 11.0. The van der Waals surface area contributed by atoms with Crippen molar-refractivity contribution in [3.63, 3.8) is 0 Å². The third-order valence-electron chi connectivity index (χ3n) is 3.47.